The van der Waals surface area contributed by atoms with Gasteiger partial charge in [0.15, 0.2) is 5.96 Å². The molecule has 3 N–H and O–H groups in total. The zero-order valence-electron chi connectivity index (χ0n) is 13.6. The third-order valence-corrected chi connectivity index (χ3v) is 4.98. The van der Waals surface area contributed by atoms with Gasteiger partial charge in [-0.3, -0.25) is 4.99 Å². The predicted octanol–water partition coefficient (Wildman–Crippen LogP) is 3.77. The minimum Gasteiger partial charge on any atom is -0.393 e. The van der Waals surface area contributed by atoms with Gasteiger partial charge in [0.05, 0.1) is 22.2 Å². The van der Waals surface area contributed by atoms with Crippen LogP contribution in [0.1, 0.15) is 44.7 Å². The average molecular weight is 358 g/mol. The Labute approximate surface area is 148 Å². The van der Waals surface area contributed by atoms with Gasteiger partial charge in [-0.05, 0) is 44.4 Å². The van der Waals surface area contributed by atoms with Crippen molar-refractivity contribution in [2.45, 2.75) is 45.3 Å². The molecule has 1 aliphatic carbocycles. The predicted molar refractivity (Wildman–Crippen MR) is 97.3 cm³/mol. The number of hydrogen-bond acceptors (Lipinski definition) is 2. The summed E-state index contributed by atoms with van der Waals surface area (Å²) in [5, 5.41) is 17.6. The molecule has 0 spiro atoms. The molecule has 128 valence electrons. The molecule has 23 heavy (non-hydrogen) atoms. The van der Waals surface area contributed by atoms with Gasteiger partial charge in [0.2, 0.25) is 0 Å². The summed E-state index contributed by atoms with van der Waals surface area (Å²) in [7, 11) is 0. The zero-order chi connectivity index (χ0) is 16.8. The maximum absolute atomic E-state index is 9.91. The van der Waals surface area contributed by atoms with Crippen LogP contribution in [0.4, 0.5) is 0 Å². The topological polar surface area (TPSA) is 56.7 Å². The van der Waals surface area contributed by atoms with Crippen LogP contribution in [0.15, 0.2) is 23.2 Å². The maximum Gasteiger partial charge on any atom is 0.191 e. The molecule has 1 aromatic carbocycles. The Morgan fingerprint density at radius 1 is 1.35 bits per heavy atom. The van der Waals surface area contributed by atoms with Crippen molar-refractivity contribution in [2.75, 3.05) is 13.1 Å². The molecule has 0 saturated heterocycles. The van der Waals surface area contributed by atoms with Crippen LogP contribution in [-0.2, 0) is 0 Å². The number of halogens is 2. The van der Waals surface area contributed by atoms with Gasteiger partial charge >= 0.3 is 0 Å². The fourth-order valence-corrected chi connectivity index (χ4v) is 3.14. The number of nitrogens with zero attached hydrogens (tertiary/aromatic N) is 1. The first-order valence-corrected chi connectivity index (χ1v) is 8.94. The monoisotopic (exact) mass is 357 g/mol. The molecule has 2 rings (SSSR count). The van der Waals surface area contributed by atoms with Crippen molar-refractivity contribution in [2.24, 2.45) is 10.9 Å². The second kappa shape index (κ2) is 8.76. The average Bonchev–Trinajstić information content (AvgIpc) is 2.93. The third-order valence-electron chi connectivity index (χ3n) is 4.24. The number of guanidine groups is 1. The molecule has 1 aromatic rings. The van der Waals surface area contributed by atoms with Crippen molar-refractivity contribution in [3.63, 3.8) is 0 Å². The molecule has 3 unspecified atom stereocenters. The minimum absolute atomic E-state index is 0.0519. The van der Waals surface area contributed by atoms with E-state index in [1.165, 1.54) is 0 Å². The van der Waals surface area contributed by atoms with Gasteiger partial charge in [0, 0.05) is 19.0 Å². The summed E-state index contributed by atoms with van der Waals surface area (Å²) in [5.74, 6) is 1.02. The Hall–Kier alpha value is -0.970. The second-order valence-corrected chi connectivity index (χ2v) is 6.83. The lowest BCUT2D eigenvalue weighted by molar-refractivity contribution is 0.136. The molecule has 1 aliphatic rings. The summed E-state index contributed by atoms with van der Waals surface area (Å²) in [6.45, 7) is 5.51. The summed E-state index contributed by atoms with van der Waals surface area (Å²) in [4.78, 5) is 4.63. The number of aliphatic hydroxyl groups excluding tert-OH is 1. The van der Waals surface area contributed by atoms with Crippen LogP contribution in [-0.4, -0.2) is 30.3 Å². The molecular weight excluding hydrogens is 333 g/mol. The highest BCUT2D eigenvalue weighted by molar-refractivity contribution is 6.42. The van der Waals surface area contributed by atoms with Crippen LogP contribution in [0.2, 0.25) is 10.0 Å². The van der Waals surface area contributed by atoms with Crippen molar-refractivity contribution in [3.8, 4) is 0 Å². The largest absolute Gasteiger partial charge is 0.393 e. The molecule has 0 amide bonds. The van der Waals surface area contributed by atoms with E-state index >= 15 is 0 Å². The Morgan fingerprint density at radius 2 is 2.13 bits per heavy atom. The van der Waals surface area contributed by atoms with Crippen molar-refractivity contribution >= 4 is 29.2 Å². The highest BCUT2D eigenvalue weighted by atomic mass is 35.5. The van der Waals surface area contributed by atoms with Crippen molar-refractivity contribution < 1.29 is 5.11 Å². The van der Waals surface area contributed by atoms with Crippen LogP contribution in [0, 0.1) is 5.92 Å². The van der Waals surface area contributed by atoms with Crippen LogP contribution in [0.25, 0.3) is 0 Å². The fourth-order valence-electron chi connectivity index (χ4n) is 2.83. The number of nitrogens with one attached hydrogen (secondary N) is 2. The molecule has 4 nitrogen and oxygen atoms in total. The lowest BCUT2D eigenvalue weighted by atomic mass is 10.1. The van der Waals surface area contributed by atoms with Gasteiger partial charge in [-0.2, -0.15) is 0 Å². The smallest absolute Gasteiger partial charge is 0.191 e. The Bertz CT molecular complexity index is 551. The van der Waals surface area contributed by atoms with Crippen LogP contribution < -0.4 is 10.6 Å². The van der Waals surface area contributed by atoms with E-state index in [2.05, 4.69) is 22.5 Å². The highest BCUT2D eigenvalue weighted by Crippen LogP contribution is 2.26. The maximum atomic E-state index is 9.91. The van der Waals surface area contributed by atoms with E-state index in [-0.39, 0.29) is 18.1 Å². The summed E-state index contributed by atoms with van der Waals surface area (Å²) in [5.41, 5.74) is 1.05. The Morgan fingerprint density at radius 3 is 2.74 bits per heavy atom. The molecule has 0 aromatic heterocycles. The third kappa shape index (κ3) is 5.27. The lowest BCUT2D eigenvalue weighted by Crippen LogP contribution is -2.39. The van der Waals surface area contributed by atoms with Gasteiger partial charge in [-0.15, -0.1) is 0 Å². The number of rotatable bonds is 5. The van der Waals surface area contributed by atoms with Gasteiger partial charge in [-0.25, -0.2) is 0 Å². The highest BCUT2D eigenvalue weighted by Gasteiger charge is 2.24. The van der Waals surface area contributed by atoms with E-state index in [9.17, 15) is 5.11 Å². The van der Waals surface area contributed by atoms with Gasteiger partial charge in [0.1, 0.15) is 0 Å². The molecule has 1 fully saturated rings. The lowest BCUT2D eigenvalue weighted by Gasteiger charge is -2.20. The van der Waals surface area contributed by atoms with E-state index in [1.807, 2.05) is 19.1 Å². The van der Waals surface area contributed by atoms with Gasteiger partial charge < -0.3 is 15.7 Å². The van der Waals surface area contributed by atoms with E-state index < -0.39 is 0 Å². The number of hydrogen-bond donors (Lipinski definition) is 3. The minimum atomic E-state index is -0.214. The molecule has 6 heteroatoms. The van der Waals surface area contributed by atoms with Gasteiger partial charge in [0.25, 0.3) is 0 Å². The first-order chi connectivity index (χ1) is 11.0. The van der Waals surface area contributed by atoms with E-state index in [0.29, 0.717) is 16.6 Å². The number of aliphatic imine (C=N–C) groups is 1. The molecule has 0 radical (unpaired) electrons. The van der Waals surface area contributed by atoms with Crippen molar-refractivity contribution in [1.29, 1.82) is 0 Å². The Kier molecular flexibility index (Phi) is 7.00. The number of benzene rings is 1. The SMILES string of the molecule is CCNC(=NCC1CCCC1O)NC(C)c1ccc(Cl)c(Cl)c1. The first-order valence-electron chi connectivity index (χ1n) is 8.19. The standard InChI is InChI=1S/C17H25Cl2N3O/c1-3-20-17(21-10-13-5-4-6-16(13)23)22-11(2)12-7-8-14(18)15(19)9-12/h7-9,11,13,16,23H,3-6,10H2,1-2H3,(H2,20,21,22). The molecule has 0 heterocycles. The van der Waals surface area contributed by atoms with E-state index in [0.717, 1.165) is 37.3 Å². The molecule has 1 saturated carbocycles. The zero-order valence-corrected chi connectivity index (χ0v) is 15.2. The summed E-state index contributed by atoms with van der Waals surface area (Å²) in [6.07, 6.45) is 2.82. The Balaban J connectivity index is 2.00. The quantitative estimate of drug-likeness (QED) is 0.555. The number of aliphatic hydroxyl groups is 1. The van der Waals surface area contributed by atoms with Crippen molar-refractivity contribution in [3.05, 3.63) is 33.8 Å². The second-order valence-electron chi connectivity index (χ2n) is 6.02. The van der Waals surface area contributed by atoms with Crippen LogP contribution in [0.3, 0.4) is 0 Å². The van der Waals surface area contributed by atoms with E-state index in [1.54, 1.807) is 6.07 Å². The van der Waals surface area contributed by atoms with Crippen molar-refractivity contribution in [1.82, 2.24) is 10.6 Å². The molecule has 0 bridgehead atoms. The molecule has 3 atom stereocenters. The summed E-state index contributed by atoms with van der Waals surface area (Å²) >= 11 is 12.1. The first kappa shape index (κ1) is 18.4. The van der Waals surface area contributed by atoms with Gasteiger partial charge in [-0.1, -0.05) is 35.7 Å². The van der Waals surface area contributed by atoms with Crippen LogP contribution >= 0.6 is 23.2 Å². The van der Waals surface area contributed by atoms with E-state index in [4.69, 9.17) is 23.2 Å². The summed E-state index contributed by atoms with van der Waals surface area (Å²) in [6, 6.07) is 5.68. The molecule has 0 aliphatic heterocycles. The normalized spacial score (nSPS) is 22.9. The molecular formula is C17H25Cl2N3O. The fraction of sp³-hybridized carbons (Fsp3) is 0.588. The van der Waals surface area contributed by atoms with Crippen LogP contribution in [0.5, 0.6) is 0 Å². The summed E-state index contributed by atoms with van der Waals surface area (Å²) < 4.78 is 0.